The Morgan fingerprint density at radius 2 is 0.789 bits per heavy atom. The fraction of sp³-hybridized carbons (Fsp3) is 0.0149. The van der Waals surface area contributed by atoms with Crippen LogP contribution in [0.4, 0.5) is 0 Å². The molecule has 0 aliphatic heterocycles. The van der Waals surface area contributed by atoms with Crippen LogP contribution in [0.25, 0.3) is 111 Å². The molecule has 0 unspecified atom stereocenters. The van der Waals surface area contributed by atoms with Crippen molar-refractivity contribution < 1.29 is 0 Å². The molecule has 13 aromatic rings. The molecule has 2 aliphatic rings. The van der Waals surface area contributed by atoms with Gasteiger partial charge in [-0.1, -0.05) is 182 Å². The van der Waals surface area contributed by atoms with Gasteiger partial charge in [0.2, 0.25) is 0 Å². The predicted molar refractivity (Wildman–Crippen MR) is 290 cm³/mol. The highest BCUT2D eigenvalue weighted by molar-refractivity contribution is 6.13. The van der Waals surface area contributed by atoms with Crippen LogP contribution in [0.5, 0.6) is 0 Å². The molecule has 1 spiro atoms. The SMILES string of the molecule is N#Cc1cc(-n2c3ccccc3c3cc(-c4ccccc4)ccc32)c(-c2cnc3c(c2)-c2ccccc2C32c3ccccc3-c3ccccc32)cc1-n1c2ccccc2c2cc(-c3ccccc3)ccc21. The summed E-state index contributed by atoms with van der Waals surface area (Å²) < 4.78 is 4.66. The fourth-order valence-corrected chi connectivity index (χ4v) is 12.4. The third-order valence-electron chi connectivity index (χ3n) is 15.4. The topological polar surface area (TPSA) is 46.5 Å². The highest BCUT2D eigenvalue weighted by Gasteiger charge is 2.52. The maximum atomic E-state index is 11.5. The van der Waals surface area contributed by atoms with E-state index in [1.807, 2.05) is 0 Å². The first-order chi connectivity index (χ1) is 35.2. The monoisotopic (exact) mass is 900 g/mol. The molecule has 0 bridgehead atoms. The summed E-state index contributed by atoms with van der Waals surface area (Å²) in [5, 5.41) is 16.0. The molecule has 0 amide bonds. The van der Waals surface area contributed by atoms with E-state index in [4.69, 9.17) is 4.98 Å². The number of benzene rings is 10. The second kappa shape index (κ2) is 15.0. The Morgan fingerprint density at radius 1 is 0.338 bits per heavy atom. The number of nitriles is 1. The zero-order valence-electron chi connectivity index (χ0n) is 38.4. The van der Waals surface area contributed by atoms with Crippen molar-refractivity contribution in [1.29, 1.82) is 5.26 Å². The van der Waals surface area contributed by atoms with Gasteiger partial charge in [-0.25, -0.2) is 0 Å². The van der Waals surface area contributed by atoms with Crippen molar-refractivity contribution in [3.63, 3.8) is 0 Å². The van der Waals surface area contributed by atoms with E-state index in [0.29, 0.717) is 5.56 Å². The molecule has 0 saturated carbocycles. The molecule has 328 valence electrons. The van der Waals surface area contributed by atoms with Crippen LogP contribution in [-0.2, 0) is 5.41 Å². The minimum atomic E-state index is -0.568. The number of hydrogen-bond donors (Lipinski definition) is 0. The van der Waals surface area contributed by atoms with Crippen molar-refractivity contribution in [3.05, 3.63) is 271 Å². The number of aromatic nitrogens is 3. The Morgan fingerprint density at radius 3 is 1.32 bits per heavy atom. The molecule has 0 N–H and O–H groups in total. The first-order valence-corrected chi connectivity index (χ1v) is 24.3. The molecular formula is C67H40N4. The van der Waals surface area contributed by atoms with Gasteiger partial charge in [-0.2, -0.15) is 5.26 Å². The van der Waals surface area contributed by atoms with Gasteiger partial charge in [0, 0.05) is 44.4 Å². The van der Waals surface area contributed by atoms with E-state index in [1.54, 1.807) is 0 Å². The first-order valence-electron chi connectivity index (χ1n) is 24.3. The zero-order valence-corrected chi connectivity index (χ0v) is 38.4. The lowest BCUT2D eigenvalue weighted by Crippen LogP contribution is -2.26. The lowest BCUT2D eigenvalue weighted by atomic mass is 9.72. The van der Waals surface area contributed by atoms with E-state index >= 15 is 0 Å². The van der Waals surface area contributed by atoms with Crippen LogP contribution in [0, 0.1) is 11.3 Å². The van der Waals surface area contributed by atoms with E-state index in [0.717, 1.165) is 94.1 Å². The predicted octanol–water partition coefficient (Wildman–Crippen LogP) is 16.5. The van der Waals surface area contributed by atoms with Gasteiger partial charge in [0.15, 0.2) is 0 Å². The third kappa shape index (κ3) is 5.46. The van der Waals surface area contributed by atoms with Gasteiger partial charge >= 0.3 is 0 Å². The zero-order chi connectivity index (χ0) is 46.8. The Bertz CT molecular complexity index is 4370. The van der Waals surface area contributed by atoms with Crippen LogP contribution >= 0.6 is 0 Å². The van der Waals surface area contributed by atoms with Crippen LogP contribution in [0.15, 0.2) is 243 Å². The summed E-state index contributed by atoms with van der Waals surface area (Å²) in [7, 11) is 0. The van der Waals surface area contributed by atoms with Gasteiger partial charge in [-0.3, -0.25) is 4.98 Å². The molecule has 0 radical (unpaired) electrons. The first kappa shape index (κ1) is 39.4. The van der Waals surface area contributed by atoms with Gasteiger partial charge in [0.25, 0.3) is 0 Å². The molecule has 2 aliphatic carbocycles. The number of fused-ring (bicyclic) bond motifs is 16. The van der Waals surface area contributed by atoms with E-state index < -0.39 is 5.41 Å². The third-order valence-corrected chi connectivity index (χ3v) is 15.4. The normalized spacial score (nSPS) is 12.9. The summed E-state index contributed by atoms with van der Waals surface area (Å²) in [6.07, 6.45) is 2.09. The van der Waals surface area contributed by atoms with Gasteiger partial charge < -0.3 is 9.13 Å². The standard InChI is InChI=1S/C67H40N4/c68-40-46-38-65(71-61-30-16-11-25-52(61)55-36-45(32-34-63(55)71)43-19-5-2-6-20-43)53(39-64(46)70-60-29-15-10-24-51(60)54-35-44(31-33-62(54)70)42-17-3-1-4-18-42)47-37-56-50-23-9-14-28-59(50)67(66(56)69-41-47)57-26-12-7-21-48(57)49-22-8-13-27-58(49)67/h1-39,41H. The van der Waals surface area contributed by atoms with E-state index in [-0.39, 0.29) is 0 Å². The summed E-state index contributed by atoms with van der Waals surface area (Å²) >= 11 is 0. The van der Waals surface area contributed by atoms with Crippen LogP contribution in [0.3, 0.4) is 0 Å². The number of para-hydroxylation sites is 2. The summed E-state index contributed by atoms with van der Waals surface area (Å²) in [6.45, 7) is 0. The van der Waals surface area contributed by atoms with Crippen LogP contribution in [0.2, 0.25) is 0 Å². The highest BCUT2D eigenvalue weighted by Crippen LogP contribution is 2.62. The molecule has 4 nitrogen and oxygen atoms in total. The Balaban J connectivity index is 1.03. The molecule has 15 rings (SSSR count). The Hall–Kier alpha value is -9.56. The minimum Gasteiger partial charge on any atom is -0.309 e. The maximum absolute atomic E-state index is 11.5. The lowest BCUT2D eigenvalue weighted by molar-refractivity contribution is 0.760. The Kier molecular flexibility index (Phi) is 8.31. The molecule has 3 aromatic heterocycles. The van der Waals surface area contributed by atoms with Crippen molar-refractivity contribution in [3.8, 4) is 73.1 Å². The number of hydrogen-bond acceptors (Lipinski definition) is 2. The summed E-state index contributed by atoms with van der Waals surface area (Å²) in [6, 6.07) is 87.9. The van der Waals surface area contributed by atoms with Gasteiger partial charge in [0.1, 0.15) is 6.07 Å². The van der Waals surface area contributed by atoms with E-state index in [2.05, 4.69) is 258 Å². The van der Waals surface area contributed by atoms with Crippen molar-refractivity contribution in [2.24, 2.45) is 0 Å². The number of nitrogens with zero attached hydrogens (tertiary/aromatic N) is 4. The van der Waals surface area contributed by atoms with Crippen LogP contribution < -0.4 is 0 Å². The summed E-state index contributed by atoms with van der Waals surface area (Å²) in [5.41, 5.74) is 22.1. The smallest absolute Gasteiger partial charge is 0.101 e. The quantitative estimate of drug-likeness (QED) is 0.173. The lowest BCUT2D eigenvalue weighted by Gasteiger charge is -2.29. The largest absolute Gasteiger partial charge is 0.309 e. The number of pyridine rings is 1. The average Bonchev–Trinajstić information content (AvgIpc) is 4.15. The number of rotatable bonds is 5. The van der Waals surface area contributed by atoms with Crippen molar-refractivity contribution >= 4 is 43.6 Å². The van der Waals surface area contributed by atoms with Gasteiger partial charge in [-0.05, 0) is 110 Å². The molecule has 71 heavy (non-hydrogen) atoms. The second-order valence-electron chi connectivity index (χ2n) is 18.9. The van der Waals surface area contributed by atoms with E-state index in [1.165, 1.54) is 38.9 Å². The molecule has 0 saturated heterocycles. The van der Waals surface area contributed by atoms with Gasteiger partial charge in [0.05, 0.1) is 50.1 Å². The van der Waals surface area contributed by atoms with E-state index in [9.17, 15) is 5.26 Å². The highest BCUT2D eigenvalue weighted by atomic mass is 15.0. The van der Waals surface area contributed by atoms with Crippen LogP contribution in [0.1, 0.15) is 27.9 Å². The van der Waals surface area contributed by atoms with Crippen molar-refractivity contribution in [1.82, 2.24) is 14.1 Å². The summed E-state index contributed by atoms with van der Waals surface area (Å²) in [4.78, 5) is 5.67. The van der Waals surface area contributed by atoms with Gasteiger partial charge in [-0.15, -0.1) is 0 Å². The summed E-state index contributed by atoms with van der Waals surface area (Å²) in [5.74, 6) is 0. The second-order valence-corrected chi connectivity index (χ2v) is 18.9. The molecular weight excluding hydrogens is 861 g/mol. The average molecular weight is 901 g/mol. The molecule has 0 fully saturated rings. The van der Waals surface area contributed by atoms with Crippen molar-refractivity contribution in [2.75, 3.05) is 0 Å². The molecule has 4 heteroatoms. The maximum Gasteiger partial charge on any atom is 0.101 e. The fourth-order valence-electron chi connectivity index (χ4n) is 12.4. The Labute approximate surface area is 410 Å². The molecule has 10 aromatic carbocycles. The molecule has 3 heterocycles. The van der Waals surface area contributed by atoms with Crippen molar-refractivity contribution in [2.45, 2.75) is 5.41 Å². The molecule has 0 atom stereocenters. The van der Waals surface area contributed by atoms with Crippen LogP contribution in [-0.4, -0.2) is 14.1 Å². The minimum absolute atomic E-state index is 0.568.